The number of thiocarbonyl (C=S) groups is 1. The van der Waals surface area contributed by atoms with Crippen LogP contribution in [0.3, 0.4) is 0 Å². The first-order valence-electron chi connectivity index (χ1n) is 9.82. The number of ether oxygens (including phenoxy) is 1. The minimum atomic E-state index is -0.174. The van der Waals surface area contributed by atoms with Crippen LogP contribution in [0.5, 0.6) is 5.75 Å². The van der Waals surface area contributed by atoms with E-state index in [1.807, 2.05) is 36.4 Å². The summed E-state index contributed by atoms with van der Waals surface area (Å²) in [6.07, 6.45) is 4.62. The molecule has 0 aromatic heterocycles. The molecule has 0 spiro atoms. The second-order valence-electron chi connectivity index (χ2n) is 7.68. The molecule has 2 aromatic carbocycles. The van der Waals surface area contributed by atoms with Crippen LogP contribution >= 0.6 is 12.2 Å². The average molecular weight is 400 g/mol. The molecule has 4 nitrogen and oxygen atoms in total. The van der Waals surface area contributed by atoms with E-state index in [-0.39, 0.29) is 5.82 Å². The Balaban J connectivity index is 1.31. The quantitative estimate of drug-likeness (QED) is 0.733. The summed E-state index contributed by atoms with van der Waals surface area (Å²) in [6, 6.07) is 16.2. The summed E-state index contributed by atoms with van der Waals surface area (Å²) >= 11 is 5.52. The molecule has 0 radical (unpaired) electrons. The Kier molecular flexibility index (Phi) is 5.78. The largest absolute Gasteiger partial charge is 0.497 e. The Labute approximate surface area is 171 Å². The number of nitrogens with one attached hydrogen (secondary N) is 2. The van der Waals surface area contributed by atoms with E-state index in [2.05, 4.69) is 15.5 Å². The topological polar surface area (TPSA) is 36.5 Å². The smallest absolute Gasteiger partial charge is 0.170 e. The van der Waals surface area contributed by atoms with Crippen LogP contribution in [-0.4, -0.2) is 35.2 Å². The fourth-order valence-corrected chi connectivity index (χ4v) is 4.76. The van der Waals surface area contributed by atoms with Gasteiger partial charge in [-0.15, -0.1) is 0 Å². The lowest BCUT2D eigenvalue weighted by Gasteiger charge is -2.39. The molecule has 2 aliphatic rings. The SMILES string of the molecule is COc1ccc(NC(=S)NC2C[C@H]3CC[C@@H](C2)N3Cc2ccc(F)cc2)cc1. The van der Waals surface area contributed by atoms with Gasteiger partial charge >= 0.3 is 0 Å². The molecule has 2 saturated heterocycles. The minimum absolute atomic E-state index is 0.174. The number of hydrogen-bond acceptors (Lipinski definition) is 3. The molecule has 2 bridgehead atoms. The molecule has 4 rings (SSSR count). The Bertz CT molecular complexity index is 798. The van der Waals surface area contributed by atoms with Crippen molar-refractivity contribution in [1.29, 1.82) is 0 Å². The van der Waals surface area contributed by atoms with Gasteiger partial charge in [0, 0.05) is 30.4 Å². The monoisotopic (exact) mass is 399 g/mol. The number of halogens is 1. The van der Waals surface area contributed by atoms with Crippen molar-refractivity contribution in [3.05, 3.63) is 59.9 Å². The van der Waals surface area contributed by atoms with Crippen molar-refractivity contribution in [2.24, 2.45) is 0 Å². The summed E-state index contributed by atoms with van der Waals surface area (Å²) in [5, 5.41) is 7.43. The third kappa shape index (κ3) is 4.45. The fourth-order valence-electron chi connectivity index (χ4n) is 4.48. The number of anilines is 1. The first-order valence-corrected chi connectivity index (χ1v) is 10.2. The van der Waals surface area contributed by atoms with E-state index < -0.39 is 0 Å². The van der Waals surface area contributed by atoms with Crippen LogP contribution in [0.1, 0.15) is 31.2 Å². The molecule has 2 heterocycles. The first kappa shape index (κ1) is 19.2. The number of benzene rings is 2. The lowest BCUT2D eigenvalue weighted by atomic mass is 9.96. The molecule has 2 fully saturated rings. The molecule has 2 N–H and O–H groups in total. The van der Waals surface area contributed by atoms with E-state index in [0.29, 0.717) is 23.2 Å². The van der Waals surface area contributed by atoms with Gasteiger partial charge in [-0.2, -0.15) is 0 Å². The summed E-state index contributed by atoms with van der Waals surface area (Å²) in [7, 11) is 1.66. The van der Waals surface area contributed by atoms with Crippen molar-refractivity contribution in [3.8, 4) is 5.75 Å². The van der Waals surface area contributed by atoms with Crippen LogP contribution in [0, 0.1) is 5.82 Å². The summed E-state index contributed by atoms with van der Waals surface area (Å²) in [4.78, 5) is 2.59. The molecule has 3 atom stereocenters. The van der Waals surface area contributed by atoms with E-state index in [4.69, 9.17) is 17.0 Å². The van der Waals surface area contributed by atoms with Gasteiger partial charge < -0.3 is 15.4 Å². The Morgan fingerprint density at radius 3 is 2.32 bits per heavy atom. The first-order chi connectivity index (χ1) is 13.6. The zero-order valence-electron chi connectivity index (χ0n) is 16.0. The molecular weight excluding hydrogens is 373 g/mol. The maximum Gasteiger partial charge on any atom is 0.170 e. The highest BCUT2D eigenvalue weighted by molar-refractivity contribution is 7.80. The van der Waals surface area contributed by atoms with E-state index in [9.17, 15) is 4.39 Å². The maximum atomic E-state index is 13.2. The number of piperidine rings is 1. The summed E-state index contributed by atoms with van der Waals surface area (Å²) < 4.78 is 18.3. The van der Waals surface area contributed by atoms with Gasteiger partial charge in [-0.3, -0.25) is 4.90 Å². The molecule has 0 aliphatic carbocycles. The highest BCUT2D eigenvalue weighted by Crippen LogP contribution is 2.37. The second-order valence-corrected chi connectivity index (χ2v) is 8.09. The summed E-state index contributed by atoms with van der Waals surface area (Å²) in [5.74, 6) is 0.655. The van der Waals surface area contributed by atoms with Crippen LogP contribution in [-0.2, 0) is 6.54 Å². The van der Waals surface area contributed by atoms with Gasteiger partial charge in [-0.05, 0) is 79.9 Å². The van der Waals surface area contributed by atoms with Crippen LogP contribution < -0.4 is 15.4 Å². The fraction of sp³-hybridized carbons (Fsp3) is 0.409. The van der Waals surface area contributed by atoms with E-state index >= 15 is 0 Å². The van der Waals surface area contributed by atoms with Crippen molar-refractivity contribution >= 4 is 23.0 Å². The molecule has 0 amide bonds. The number of methoxy groups -OCH3 is 1. The molecule has 148 valence electrons. The molecule has 28 heavy (non-hydrogen) atoms. The zero-order valence-corrected chi connectivity index (χ0v) is 16.8. The lowest BCUT2D eigenvalue weighted by molar-refractivity contribution is 0.115. The van der Waals surface area contributed by atoms with Crippen molar-refractivity contribution in [2.45, 2.75) is 50.4 Å². The molecule has 1 unspecified atom stereocenters. The zero-order chi connectivity index (χ0) is 19.5. The molecule has 0 saturated carbocycles. The Morgan fingerprint density at radius 1 is 1.07 bits per heavy atom. The Hall–Kier alpha value is -2.18. The van der Waals surface area contributed by atoms with Crippen molar-refractivity contribution in [3.63, 3.8) is 0 Å². The summed E-state index contributed by atoms with van der Waals surface area (Å²) in [5.41, 5.74) is 2.14. The Morgan fingerprint density at radius 2 is 1.71 bits per heavy atom. The molecule has 2 aliphatic heterocycles. The number of hydrogen-bond donors (Lipinski definition) is 2. The van der Waals surface area contributed by atoms with Gasteiger partial charge in [0.25, 0.3) is 0 Å². The normalized spacial score (nSPS) is 24.0. The van der Waals surface area contributed by atoms with Crippen LogP contribution in [0.4, 0.5) is 10.1 Å². The van der Waals surface area contributed by atoms with E-state index in [0.717, 1.165) is 30.8 Å². The highest BCUT2D eigenvalue weighted by atomic mass is 32.1. The number of rotatable bonds is 5. The van der Waals surface area contributed by atoms with Crippen LogP contribution in [0.2, 0.25) is 0 Å². The van der Waals surface area contributed by atoms with Gasteiger partial charge in [0.1, 0.15) is 11.6 Å². The predicted octanol–water partition coefficient (Wildman–Crippen LogP) is 4.32. The van der Waals surface area contributed by atoms with Crippen LogP contribution in [0.25, 0.3) is 0 Å². The highest BCUT2D eigenvalue weighted by Gasteiger charge is 2.40. The van der Waals surface area contributed by atoms with Gasteiger partial charge in [0.15, 0.2) is 5.11 Å². The second kappa shape index (κ2) is 8.45. The molecule has 2 aromatic rings. The van der Waals surface area contributed by atoms with Gasteiger partial charge in [-0.1, -0.05) is 12.1 Å². The molecule has 6 heteroatoms. The maximum absolute atomic E-state index is 13.2. The standard InChI is InChI=1S/C22H26FN3OS/c1-27-21-10-6-17(7-11-21)24-22(28)25-18-12-19-8-9-20(13-18)26(19)14-15-2-4-16(23)5-3-15/h2-7,10-11,18-20H,8-9,12-14H2,1H3,(H2,24,25,28)/t18?,19-,20+. The van der Waals surface area contributed by atoms with E-state index in [1.165, 1.54) is 18.4 Å². The molecular formula is C22H26FN3OS. The van der Waals surface area contributed by atoms with Gasteiger partial charge in [-0.25, -0.2) is 4.39 Å². The van der Waals surface area contributed by atoms with Gasteiger partial charge in [0.2, 0.25) is 0 Å². The lowest BCUT2D eigenvalue weighted by Crippen LogP contribution is -2.50. The third-order valence-electron chi connectivity index (χ3n) is 5.85. The van der Waals surface area contributed by atoms with Crippen molar-refractivity contribution < 1.29 is 9.13 Å². The third-order valence-corrected chi connectivity index (χ3v) is 6.07. The van der Waals surface area contributed by atoms with Crippen LogP contribution in [0.15, 0.2) is 48.5 Å². The number of nitrogens with zero attached hydrogens (tertiary/aromatic N) is 1. The van der Waals surface area contributed by atoms with Crippen molar-refractivity contribution in [2.75, 3.05) is 12.4 Å². The average Bonchev–Trinajstić information content (AvgIpc) is 2.92. The summed E-state index contributed by atoms with van der Waals surface area (Å²) in [6.45, 7) is 0.900. The van der Waals surface area contributed by atoms with Crippen molar-refractivity contribution in [1.82, 2.24) is 10.2 Å². The minimum Gasteiger partial charge on any atom is -0.497 e. The predicted molar refractivity (Wildman–Crippen MR) is 114 cm³/mol. The van der Waals surface area contributed by atoms with Gasteiger partial charge in [0.05, 0.1) is 7.11 Å². The van der Waals surface area contributed by atoms with E-state index in [1.54, 1.807) is 19.2 Å². The number of fused-ring (bicyclic) bond motifs is 2.